The first-order chi connectivity index (χ1) is 11.5. The van der Waals surface area contributed by atoms with Gasteiger partial charge < -0.3 is 15.6 Å². The number of nitrogens with zero attached hydrogens (tertiary/aromatic N) is 3. The number of H-pyrrole nitrogens is 1. The van der Waals surface area contributed by atoms with Crippen LogP contribution in [0.3, 0.4) is 0 Å². The monoisotopic (exact) mass is 326 g/mol. The van der Waals surface area contributed by atoms with E-state index in [1.54, 1.807) is 31.0 Å². The Morgan fingerprint density at radius 2 is 2.17 bits per heavy atom. The summed E-state index contributed by atoms with van der Waals surface area (Å²) in [5.41, 5.74) is 1.05. The molecule has 8 nitrogen and oxygen atoms in total. The highest BCUT2D eigenvalue weighted by molar-refractivity contribution is 5.79. The van der Waals surface area contributed by atoms with Gasteiger partial charge in [0.05, 0.1) is 6.04 Å². The fourth-order valence-corrected chi connectivity index (χ4v) is 2.37. The molecule has 0 saturated heterocycles. The lowest BCUT2D eigenvalue weighted by Gasteiger charge is -2.12. The van der Waals surface area contributed by atoms with Crippen molar-refractivity contribution in [2.45, 2.75) is 19.5 Å². The summed E-state index contributed by atoms with van der Waals surface area (Å²) in [6.07, 6.45) is 1.57. The molecule has 0 radical (unpaired) electrons. The first kappa shape index (κ1) is 15.7. The number of nitrogens with one attached hydrogen (secondary N) is 3. The summed E-state index contributed by atoms with van der Waals surface area (Å²) in [6.45, 7) is 1.92. The zero-order chi connectivity index (χ0) is 17.1. The van der Waals surface area contributed by atoms with Gasteiger partial charge in [-0.1, -0.05) is 18.2 Å². The molecule has 0 saturated carbocycles. The molecule has 0 spiro atoms. The fraction of sp³-hybridized carbons (Fsp3) is 0.250. The lowest BCUT2D eigenvalue weighted by atomic mass is 10.1. The first-order valence-electron chi connectivity index (χ1n) is 7.54. The van der Waals surface area contributed by atoms with Crippen LogP contribution in [0.1, 0.15) is 24.4 Å². The smallest absolute Gasteiger partial charge is 0.315 e. The van der Waals surface area contributed by atoms with Crippen LogP contribution in [0.2, 0.25) is 0 Å². The lowest BCUT2D eigenvalue weighted by Crippen LogP contribution is -2.38. The Morgan fingerprint density at radius 1 is 1.38 bits per heavy atom. The molecule has 0 aliphatic rings. The Labute approximate surface area is 137 Å². The molecule has 0 aliphatic carbocycles. The third kappa shape index (κ3) is 3.43. The van der Waals surface area contributed by atoms with E-state index in [0.717, 1.165) is 10.9 Å². The van der Waals surface area contributed by atoms with Crippen molar-refractivity contribution in [3.8, 4) is 0 Å². The van der Waals surface area contributed by atoms with Crippen molar-refractivity contribution in [1.29, 1.82) is 0 Å². The molecule has 3 N–H and O–H groups in total. The van der Waals surface area contributed by atoms with Gasteiger partial charge in [0, 0.05) is 24.7 Å². The van der Waals surface area contributed by atoms with Crippen LogP contribution in [0.15, 0.2) is 41.5 Å². The Balaban J connectivity index is 1.64. The van der Waals surface area contributed by atoms with Crippen molar-refractivity contribution >= 4 is 16.9 Å². The predicted molar refractivity (Wildman–Crippen MR) is 89.4 cm³/mol. The van der Waals surface area contributed by atoms with Crippen LogP contribution in [0, 0.1) is 0 Å². The van der Waals surface area contributed by atoms with E-state index >= 15 is 0 Å². The number of aryl methyl sites for hydroxylation is 1. The van der Waals surface area contributed by atoms with E-state index in [4.69, 9.17) is 0 Å². The number of para-hydroxylation sites is 1. The van der Waals surface area contributed by atoms with Crippen molar-refractivity contribution in [1.82, 2.24) is 30.4 Å². The van der Waals surface area contributed by atoms with Crippen molar-refractivity contribution in [3.05, 3.63) is 58.4 Å². The SMILES string of the molecule is CC(NC(=O)NCc1cc2ccccc2[nH]c1=O)c1ncn(C)n1. The van der Waals surface area contributed by atoms with Gasteiger partial charge in [0.2, 0.25) is 0 Å². The third-order valence-corrected chi connectivity index (χ3v) is 3.62. The molecule has 0 bridgehead atoms. The maximum atomic E-state index is 12.0. The second-order valence-corrected chi connectivity index (χ2v) is 5.54. The maximum Gasteiger partial charge on any atom is 0.315 e. The van der Waals surface area contributed by atoms with Gasteiger partial charge >= 0.3 is 6.03 Å². The largest absolute Gasteiger partial charge is 0.334 e. The van der Waals surface area contributed by atoms with E-state index in [2.05, 4.69) is 25.7 Å². The van der Waals surface area contributed by atoms with Gasteiger partial charge in [-0.05, 0) is 24.4 Å². The molecular weight excluding hydrogens is 308 g/mol. The average molecular weight is 326 g/mol. The molecule has 2 amide bonds. The molecule has 24 heavy (non-hydrogen) atoms. The second kappa shape index (κ2) is 6.53. The van der Waals surface area contributed by atoms with Gasteiger partial charge in [-0.15, -0.1) is 0 Å². The summed E-state index contributed by atoms with van der Waals surface area (Å²) >= 11 is 0. The summed E-state index contributed by atoms with van der Waals surface area (Å²) in [5.74, 6) is 0.524. The molecule has 1 atom stereocenters. The van der Waals surface area contributed by atoms with E-state index < -0.39 is 0 Å². The number of hydrogen-bond donors (Lipinski definition) is 3. The van der Waals surface area contributed by atoms with Crippen LogP contribution < -0.4 is 16.2 Å². The van der Waals surface area contributed by atoms with Gasteiger partial charge in [-0.3, -0.25) is 9.48 Å². The summed E-state index contributed by atoms with van der Waals surface area (Å²) in [5, 5.41) is 10.5. The van der Waals surface area contributed by atoms with E-state index in [0.29, 0.717) is 11.4 Å². The number of amides is 2. The highest BCUT2D eigenvalue weighted by atomic mass is 16.2. The van der Waals surface area contributed by atoms with Crippen molar-refractivity contribution in [3.63, 3.8) is 0 Å². The number of aromatic nitrogens is 4. The molecule has 8 heteroatoms. The quantitative estimate of drug-likeness (QED) is 0.670. The van der Waals surface area contributed by atoms with E-state index in [1.807, 2.05) is 24.3 Å². The highest BCUT2D eigenvalue weighted by Gasteiger charge is 2.13. The zero-order valence-electron chi connectivity index (χ0n) is 13.4. The number of hydrogen-bond acceptors (Lipinski definition) is 4. The zero-order valence-corrected chi connectivity index (χ0v) is 13.4. The van der Waals surface area contributed by atoms with E-state index in [9.17, 15) is 9.59 Å². The summed E-state index contributed by atoms with van der Waals surface area (Å²) < 4.78 is 1.57. The van der Waals surface area contributed by atoms with Gasteiger partial charge in [-0.25, -0.2) is 9.78 Å². The summed E-state index contributed by atoms with van der Waals surface area (Å²) in [4.78, 5) is 30.9. The van der Waals surface area contributed by atoms with Crippen molar-refractivity contribution in [2.24, 2.45) is 7.05 Å². The average Bonchev–Trinajstić information content (AvgIpc) is 2.99. The number of rotatable bonds is 4. The van der Waals surface area contributed by atoms with E-state index in [1.165, 1.54) is 0 Å². The minimum absolute atomic E-state index is 0.133. The lowest BCUT2D eigenvalue weighted by molar-refractivity contribution is 0.237. The maximum absolute atomic E-state index is 12.0. The summed E-state index contributed by atoms with van der Waals surface area (Å²) in [7, 11) is 1.76. The first-order valence-corrected chi connectivity index (χ1v) is 7.54. The molecule has 0 fully saturated rings. The van der Waals surface area contributed by atoms with Crippen LogP contribution in [-0.2, 0) is 13.6 Å². The predicted octanol–water partition coefficient (Wildman–Crippen LogP) is 1.22. The third-order valence-electron chi connectivity index (χ3n) is 3.62. The molecule has 0 aliphatic heterocycles. The minimum atomic E-state index is -0.387. The number of fused-ring (bicyclic) bond motifs is 1. The number of pyridine rings is 1. The number of aromatic amines is 1. The minimum Gasteiger partial charge on any atom is -0.334 e. The van der Waals surface area contributed by atoms with Gasteiger partial charge in [0.15, 0.2) is 5.82 Å². The molecule has 2 aromatic heterocycles. The van der Waals surface area contributed by atoms with Crippen LogP contribution in [0.25, 0.3) is 10.9 Å². The molecule has 124 valence electrons. The summed E-state index contributed by atoms with van der Waals surface area (Å²) in [6, 6.07) is 8.55. The molecule has 3 aromatic rings. The molecular formula is C16H18N6O2. The normalized spacial score (nSPS) is 12.1. The van der Waals surface area contributed by atoms with Crippen LogP contribution >= 0.6 is 0 Å². The van der Waals surface area contributed by atoms with E-state index in [-0.39, 0.29) is 24.2 Å². The number of carbonyl (C=O) groups is 1. The van der Waals surface area contributed by atoms with Crippen LogP contribution in [-0.4, -0.2) is 25.8 Å². The number of carbonyl (C=O) groups excluding carboxylic acids is 1. The standard InChI is InChI=1S/C16H18N6O2/c1-10(14-18-9-22(2)21-14)19-16(24)17-8-12-7-11-5-3-4-6-13(11)20-15(12)23/h3-7,9-10H,8H2,1-2H3,(H,20,23)(H2,17,19,24). The Morgan fingerprint density at radius 3 is 2.92 bits per heavy atom. The molecule has 2 heterocycles. The number of benzene rings is 1. The van der Waals surface area contributed by atoms with Crippen molar-refractivity contribution < 1.29 is 4.79 Å². The highest BCUT2D eigenvalue weighted by Crippen LogP contribution is 2.10. The topological polar surface area (TPSA) is 105 Å². The fourth-order valence-electron chi connectivity index (χ4n) is 2.37. The second-order valence-electron chi connectivity index (χ2n) is 5.54. The van der Waals surface area contributed by atoms with Gasteiger partial charge in [-0.2, -0.15) is 5.10 Å². The molecule has 3 rings (SSSR count). The Kier molecular flexibility index (Phi) is 4.28. The molecule has 1 aromatic carbocycles. The number of urea groups is 1. The van der Waals surface area contributed by atoms with Gasteiger partial charge in [0.1, 0.15) is 6.33 Å². The Hall–Kier alpha value is -3.16. The van der Waals surface area contributed by atoms with Crippen LogP contribution in [0.4, 0.5) is 4.79 Å². The molecule has 1 unspecified atom stereocenters. The van der Waals surface area contributed by atoms with Crippen LogP contribution in [0.5, 0.6) is 0 Å². The van der Waals surface area contributed by atoms with Gasteiger partial charge in [0.25, 0.3) is 5.56 Å². The Bertz CT molecular complexity index is 929. The van der Waals surface area contributed by atoms with Crippen molar-refractivity contribution in [2.75, 3.05) is 0 Å².